The molecular weight excluding hydrogens is 132 g/mol. The highest BCUT2D eigenvalue weighted by Crippen LogP contribution is 2.09. The van der Waals surface area contributed by atoms with Gasteiger partial charge in [0.25, 0.3) is 0 Å². The maximum Gasteiger partial charge on any atom is 0.309 e. The molecule has 0 amide bonds. The molecule has 2 unspecified atom stereocenters. The molecule has 0 heterocycles. The molecule has 0 aromatic rings. The monoisotopic (exact) mass is 144 g/mol. The van der Waals surface area contributed by atoms with Gasteiger partial charge in [0.05, 0.1) is 12.0 Å². The average molecular weight is 144 g/mol. The van der Waals surface area contributed by atoms with Crippen LogP contribution in [0.5, 0.6) is 0 Å². The van der Waals surface area contributed by atoms with E-state index in [1.54, 1.807) is 6.92 Å². The zero-order valence-corrected chi connectivity index (χ0v) is 6.16. The van der Waals surface area contributed by atoms with Crippen LogP contribution in [0.15, 0.2) is 12.2 Å². The third-order valence-corrected chi connectivity index (χ3v) is 1.37. The lowest BCUT2D eigenvalue weighted by atomic mass is 10.0. The fraction of sp³-hybridized carbons (Fsp3) is 0.571. The first kappa shape index (κ1) is 9.17. The second-order valence-corrected chi connectivity index (χ2v) is 2.42. The van der Waals surface area contributed by atoms with Crippen LogP contribution in [0, 0.1) is 5.92 Å². The number of aliphatic hydroxyl groups is 1. The molecule has 0 aliphatic heterocycles. The predicted octanol–water partition coefficient (Wildman–Crippen LogP) is 0.644. The summed E-state index contributed by atoms with van der Waals surface area (Å²) in [6, 6.07) is 0. The molecule has 58 valence electrons. The Kier molecular flexibility index (Phi) is 3.09. The molecule has 0 spiro atoms. The summed E-state index contributed by atoms with van der Waals surface area (Å²) >= 11 is 0. The molecule has 0 rings (SSSR count). The molecule has 0 fully saturated rings. The summed E-state index contributed by atoms with van der Waals surface area (Å²) in [5.41, 5.74) is 0.481. The lowest BCUT2D eigenvalue weighted by Gasteiger charge is -2.13. The summed E-state index contributed by atoms with van der Waals surface area (Å²) in [5.74, 6) is -1.77. The van der Waals surface area contributed by atoms with E-state index in [4.69, 9.17) is 10.2 Å². The Morgan fingerprint density at radius 1 is 1.60 bits per heavy atom. The van der Waals surface area contributed by atoms with Gasteiger partial charge in [-0.2, -0.15) is 0 Å². The van der Waals surface area contributed by atoms with Crippen molar-refractivity contribution >= 4 is 5.97 Å². The zero-order chi connectivity index (χ0) is 8.31. The summed E-state index contributed by atoms with van der Waals surface area (Å²) in [7, 11) is 0. The SMILES string of the molecule is C=C(C)C(O)C(C)C(=O)O. The molecule has 0 saturated heterocycles. The van der Waals surface area contributed by atoms with Crippen LogP contribution in [-0.4, -0.2) is 22.3 Å². The second-order valence-electron chi connectivity index (χ2n) is 2.42. The highest BCUT2D eigenvalue weighted by molar-refractivity contribution is 5.70. The van der Waals surface area contributed by atoms with E-state index in [1.165, 1.54) is 6.92 Å². The van der Waals surface area contributed by atoms with Crippen molar-refractivity contribution in [3.63, 3.8) is 0 Å². The number of carboxylic acid groups (broad SMARTS) is 1. The van der Waals surface area contributed by atoms with Crippen molar-refractivity contribution in [2.75, 3.05) is 0 Å². The van der Waals surface area contributed by atoms with E-state index in [0.717, 1.165) is 0 Å². The average Bonchev–Trinajstić information content (AvgIpc) is 1.84. The van der Waals surface area contributed by atoms with Gasteiger partial charge in [-0.25, -0.2) is 0 Å². The Morgan fingerprint density at radius 2 is 2.00 bits per heavy atom. The van der Waals surface area contributed by atoms with E-state index in [9.17, 15) is 4.79 Å². The van der Waals surface area contributed by atoms with Gasteiger partial charge >= 0.3 is 5.97 Å². The number of aliphatic hydroxyl groups excluding tert-OH is 1. The van der Waals surface area contributed by atoms with Crippen molar-refractivity contribution in [2.24, 2.45) is 5.92 Å². The number of carboxylic acids is 1. The van der Waals surface area contributed by atoms with Gasteiger partial charge in [0, 0.05) is 0 Å². The molecule has 0 radical (unpaired) electrons. The number of aliphatic carboxylic acids is 1. The maximum atomic E-state index is 10.2. The van der Waals surface area contributed by atoms with Crippen molar-refractivity contribution in [1.29, 1.82) is 0 Å². The first-order chi connectivity index (χ1) is 4.46. The molecule has 2 atom stereocenters. The summed E-state index contributed by atoms with van der Waals surface area (Å²) in [6.45, 7) is 6.49. The third kappa shape index (κ3) is 2.19. The van der Waals surface area contributed by atoms with Gasteiger partial charge < -0.3 is 10.2 Å². The molecule has 3 nitrogen and oxygen atoms in total. The normalized spacial score (nSPS) is 15.9. The summed E-state index contributed by atoms with van der Waals surface area (Å²) < 4.78 is 0. The largest absolute Gasteiger partial charge is 0.481 e. The molecule has 0 aromatic heterocycles. The highest BCUT2D eigenvalue weighted by atomic mass is 16.4. The van der Waals surface area contributed by atoms with Crippen LogP contribution in [-0.2, 0) is 4.79 Å². The van der Waals surface area contributed by atoms with Gasteiger partial charge in [-0.3, -0.25) is 4.79 Å². The molecule has 0 saturated carbocycles. The van der Waals surface area contributed by atoms with Gasteiger partial charge in [-0.15, -0.1) is 0 Å². The van der Waals surface area contributed by atoms with Crippen molar-refractivity contribution in [1.82, 2.24) is 0 Å². The molecular formula is C7H12O3. The van der Waals surface area contributed by atoms with Crippen LogP contribution in [0.4, 0.5) is 0 Å². The first-order valence-electron chi connectivity index (χ1n) is 3.03. The van der Waals surface area contributed by atoms with Crippen molar-refractivity contribution < 1.29 is 15.0 Å². The van der Waals surface area contributed by atoms with E-state index >= 15 is 0 Å². The van der Waals surface area contributed by atoms with Gasteiger partial charge in [0.1, 0.15) is 0 Å². The fourth-order valence-electron chi connectivity index (χ4n) is 0.562. The second kappa shape index (κ2) is 3.37. The first-order valence-corrected chi connectivity index (χ1v) is 3.03. The number of hydrogen-bond donors (Lipinski definition) is 2. The van der Waals surface area contributed by atoms with Gasteiger partial charge in [0.2, 0.25) is 0 Å². The van der Waals surface area contributed by atoms with E-state index in [2.05, 4.69) is 6.58 Å². The Hall–Kier alpha value is -0.830. The van der Waals surface area contributed by atoms with Crippen LogP contribution < -0.4 is 0 Å². The smallest absolute Gasteiger partial charge is 0.309 e. The van der Waals surface area contributed by atoms with Crippen molar-refractivity contribution in [3.05, 3.63) is 12.2 Å². The lowest BCUT2D eigenvalue weighted by Crippen LogP contribution is -2.25. The van der Waals surface area contributed by atoms with E-state index < -0.39 is 18.0 Å². The minimum atomic E-state index is -1.00. The maximum absolute atomic E-state index is 10.2. The van der Waals surface area contributed by atoms with Crippen LogP contribution in [0.1, 0.15) is 13.8 Å². The van der Waals surface area contributed by atoms with Crippen LogP contribution in [0.25, 0.3) is 0 Å². The number of hydrogen-bond acceptors (Lipinski definition) is 2. The van der Waals surface area contributed by atoms with Crippen LogP contribution >= 0.6 is 0 Å². The number of rotatable bonds is 3. The summed E-state index contributed by atoms with van der Waals surface area (Å²) in [4.78, 5) is 10.2. The van der Waals surface area contributed by atoms with E-state index in [1.807, 2.05) is 0 Å². The van der Waals surface area contributed by atoms with Gasteiger partial charge in [0.15, 0.2) is 0 Å². The van der Waals surface area contributed by atoms with E-state index in [-0.39, 0.29) is 0 Å². The summed E-state index contributed by atoms with van der Waals surface area (Å²) in [5, 5.41) is 17.5. The Balaban J connectivity index is 4.07. The standard InChI is InChI=1S/C7H12O3/c1-4(2)6(8)5(3)7(9)10/h5-6,8H,1H2,2-3H3,(H,9,10). The van der Waals surface area contributed by atoms with Crippen molar-refractivity contribution in [2.45, 2.75) is 20.0 Å². The van der Waals surface area contributed by atoms with Crippen molar-refractivity contribution in [3.8, 4) is 0 Å². The predicted molar refractivity (Wildman–Crippen MR) is 37.6 cm³/mol. The van der Waals surface area contributed by atoms with Gasteiger partial charge in [-0.05, 0) is 13.8 Å². The molecule has 0 aliphatic rings. The van der Waals surface area contributed by atoms with Crippen LogP contribution in [0.3, 0.4) is 0 Å². The highest BCUT2D eigenvalue weighted by Gasteiger charge is 2.20. The Labute approximate surface area is 60.0 Å². The lowest BCUT2D eigenvalue weighted by molar-refractivity contribution is -0.143. The Morgan fingerprint density at radius 3 is 2.10 bits per heavy atom. The van der Waals surface area contributed by atoms with Gasteiger partial charge in [-0.1, -0.05) is 12.2 Å². The molecule has 2 N–H and O–H groups in total. The third-order valence-electron chi connectivity index (χ3n) is 1.37. The molecule has 0 aromatic carbocycles. The quantitative estimate of drug-likeness (QED) is 0.571. The minimum absolute atomic E-state index is 0.481. The molecule has 0 aliphatic carbocycles. The topological polar surface area (TPSA) is 57.5 Å². The molecule has 10 heavy (non-hydrogen) atoms. The van der Waals surface area contributed by atoms with E-state index in [0.29, 0.717) is 5.57 Å². The fourth-order valence-corrected chi connectivity index (χ4v) is 0.562. The van der Waals surface area contributed by atoms with Crippen LogP contribution in [0.2, 0.25) is 0 Å². The summed E-state index contributed by atoms with van der Waals surface area (Å²) in [6.07, 6.45) is -0.933. The molecule has 3 heteroatoms. The number of carbonyl (C=O) groups is 1. The molecule has 0 bridgehead atoms. The Bertz CT molecular complexity index is 133. The minimum Gasteiger partial charge on any atom is -0.481 e. The zero-order valence-electron chi connectivity index (χ0n) is 6.16.